The highest BCUT2D eigenvalue weighted by Crippen LogP contribution is 2.28. The van der Waals surface area contributed by atoms with E-state index in [0.717, 1.165) is 6.42 Å². The average Bonchev–Trinajstić information content (AvgIpc) is 3.14. The Morgan fingerprint density at radius 1 is 1.35 bits per heavy atom. The lowest BCUT2D eigenvalue weighted by Gasteiger charge is -2.32. The lowest BCUT2D eigenvalue weighted by molar-refractivity contribution is 0.0448. The summed E-state index contributed by atoms with van der Waals surface area (Å²) in [5, 5.41) is 22.8. The van der Waals surface area contributed by atoms with Crippen LogP contribution in [0.2, 0.25) is 0 Å². The normalized spacial score (nSPS) is 18.3. The maximum Gasteiger partial charge on any atom is 0.257 e. The third-order valence-corrected chi connectivity index (χ3v) is 4.96. The Morgan fingerprint density at radius 3 is 2.81 bits per heavy atom. The molecule has 4 N–H and O–H groups in total. The predicted molar refractivity (Wildman–Crippen MR) is 126 cm³/mol. The molecule has 1 saturated carbocycles. The summed E-state index contributed by atoms with van der Waals surface area (Å²) >= 11 is 0. The fourth-order valence-corrected chi connectivity index (χ4v) is 3.26. The number of hydrogen-bond acceptors (Lipinski definition) is 8. The van der Waals surface area contributed by atoms with Crippen molar-refractivity contribution < 1.29 is 14.6 Å². The van der Waals surface area contributed by atoms with E-state index in [1.54, 1.807) is 29.9 Å². The Bertz CT molecular complexity index is 1120. The molecule has 0 radical (unpaired) electrons. The molecule has 1 fully saturated rings. The van der Waals surface area contributed by atoms with Crippen molar-refractivity contribution in [1.29, 1.82) is 0 Å². The zero-order valence-electron chi connectivity index (χ0n) is 18.0. The van der Waals surface area contributed by atoms with Crippen LogP contribution in [0.1, 0.15) is 23.2 Å². The lowest BCUT2D eigenvalue weighted by atomic mass is 9.52. The highest BCUT2D eigenvalue weighted by Gasteiger charge is 2.31. The summed E-state index contributed by atoms with van der Waals surface area (Å²) in [5.74, 6) is 1.29. The number of rotatable bonds is 7. The van der Waals surface area contributed by atoms with E-state index in [2.05, 4.69) is 31.0 Å². The van der Waals surface area contributed by atoms with Gasteiger partial charge in [-0.2, -0.15) is 9.61 Å². The largest absolute Gasteiger partial charge is 0.497 e. The SMILES string of the molecule is BC(B)(B)Oc1ncccc1Nc1cc(NC)n2ncc(C(=O)N[C@H]3CC[C@H]3O)c2n1. The summed E-state index contributed by atoms with van der Waals surface area (Å²) < 4.78 is 7.51. The van der Waals surface area contributed by atoms with Gasteiger partial charge < -0.3 is 25.8 Å². The van der Waals surface area contributed by atoms with E-state index in [4.69, 9.17) is 4.74 Å². The van der Waals surface area contributed by atoms with Gasteiger partial charge in [0.25, 0.3) is 5.91 Å². The van der Waals surface area contributed by atoms with E-state index in [0.29, 0.717) is 40.8 Å². The minimum atomic E-state index is -0.504. The number of nitrogens with one attached hydrogen (secondary N) is 3. The summed E-state index contributed by atoms with van der Waals surface area (Å²) in [6.07, 6.45) is 4.09. The number of aliphatic hydroxyl groups excluding tert-OH is 1. The molecule has 3 aromatic heterocycles. The second-order valence-electron chi connectivity index (χ2n) is 8.49. The summed E-state index contributed by atoms with van der Waals surface area (Å²) in [7, 11) is 7.62. The number of ether oxygens (including phenoxy) is 1. The third-order valence-electron chi connectivity index (χ3n) is 4.96. The number of hydrogen-bond donors (Lipinski definition) is 4. The number of anilines is 3. The first-order chi connectivity index (χ1) is 14.7. The van der Waals surface area contributed by atoms with Gasteiger partial charge in [0, 0.05) is 24.6 Å². The molecule has 2 atom stereocenters. The minimum absolute atomic E-state index is 0.236. The van der Waals surface area contributed by atoms with Gasteiger partial charge in [-0.1, -0.05) is 0 Å². The molecule has 0 saturated heterocycles. The van der Waals surface area contributed by atoms with Gasteiger partial charge in [-0.3, -0.25) is 4.79 Å². The maximum atomic E-state index is 12.8. The molecule has 158 valence electrons. The van der Waals surface area contributed by atoms with Crippen molar-refractivity contribution in [3.63, 3.8) is 0 Å². The Hall–Kier alpha value is -3.21. The van der Waals surface area contributed by atoms with Gasteiger partial charge in [0.1, 0.15) is 46.4 Å². The summed E-state index contributed by atoms with van der Waals surface area (Å²) in [4.78, 5) is 21.7. The summed E-state index contributed by atoms with van der Waals surface area (Å²) in [6.45, 7) is 0. The second-order valence-corrected chi connectivity index (χ2v) is 8.49. The van der Waals surface area contributed by atoms with Crippen LogP contribution >= 0.6 is 0 Å². The average molecular weight is 419 g/mol. The summed E-state index contributed by atoms with van der Waals surface area (Å²) in [6, 6.07) is 5.20. The molecule has 1 aliphatic carbocycles. The number of carbonyl (C=O) groups excluding carboxylic acids is 1. The van der Waals surface area contributed by atoms with Crippen molar-refractivity contribution in [2.45, 2.75) is 30.3 Å². The topological polar surface area (TPSA) is 126 Å². The monoisotopic (exact) mass is 419 g/mol. The standard InChI is InChI=1S/C18H24B3N7O3/c1-22-14-7-13(25-11-3-2-6-23-17(11)31-18(19,20)21)27-15-9(8-24-28(14)15)16(30)26-10-4-5-12(10)29/h2-3,6-8,10,12,22,29H,4-5,19-21H2,1H3,(H,25,27)(H,26,30)/t10-,12+/m0/s1. The number of nitrogens with zero attached hydrogens (tertiary/aromatic N) is 4. The molecule has 4 rings (SSSR count). The fourth-order valence-electron chi connectivity index (χ4n) is 3.26. The van der Waals surface area contributed by atoms with Crippen LogP contribution in [0.15, 0.2) is 30.6 Å². The molecule has 3 aromatic rings. The molecule has 0 aromatic carbocycles. The molecule has 1 amide bonds. The molecular formula is C18H24B3N7O3. The van der Waals surface area contributed by atoms with Crippen molar-refractivity contribution in [1.82, 2.24) is 24.9 Å². The molecule has 3 heterocycles. The van der Waals surface area contributed by atoms with Crippen LogP contribution in [-0.2, 0) is 0 Å². The van der Waals surface area contributed by atoms with E-state index in [9.17, 15) is 9.90 Å². The first-order valence-corrected chi connectivity index (χ1v) is 10.2. The predicted octanol–water partition coefficient (Wildman–Crippen LogP) is -1.95. The van der Waals surface area contributed by atoms with E-state index >= 15 is 0 Å². The Labute approximate surface area is 182 Å². The number of amides is 1. The lowest BCUT2D eigenvalue weighted by Crippen LogP contribution is -2.50. The first-order valence-electron chi connectivity index (χ1n) is 10.2. The molecular weight excluding hydrogens is 395 g/mol. The van der Waals surface area contributed by atoms with Crippen molar-refractivity contribution in [3.8, 4) is 5.88 Å². The van der Waals surface area contributed by atoms with Gasteiger partial charge >= 0.3 is 0 Å². The van der Waals surface area contributed by atoms with Crippen LogP contribution in [0.5, 0.6) is 5.88 Å². The van der Waals surface area contributed by atoms with Crippen LogP contribution in [0.4, 0.5) is 17.3 Å². The van der Waals surface area contributed by atoms with Crippen LogP contribution in [0.25, 0.3) is 5.65 Å². The van der Waals surface area contributed by atoms with Gasteiger partial charge in [0.15, 0.2) is 5.65 Å². The van der Waals surface area contributed by atoms with Crippen LogP contribution < -0.4 is 20.7 Å². The number of aromatic nitrogens is 4. The van der Waals surface area contributed by atoms with Gasteiger partial charge in [-0.15, -0.1) is 0 Å². The molecule has 10 nitrogen and oxygen atoms in total. The number of carbonyl (C=O) groups is 1. The third kappa shape index (κ3) is 4.46. The molecule has 1 aliphatic rings. The van der Waals surface area contributed by atoms with Crippen molar-refractivity contribution in [3.05, 3.63) is 36.2 Å². The summed E-state index contributed by atoms with van der Waals surface area (Å²) in [5.41, 5.74) is 1.37. The molecule has 0 spiro atoms. The van der Waals surface area contributed by atoms with Gasteiger partial charge in [0.2, 0.25) is 5.88 Å². The zero-order chi connectivity index (χ0) is 22.2. The Morgan fingerprint density at radius 2 is 2.16 bits per heavy atom. The maximum absolute atomic E-state index is 12.8. The van der Waals surface area contributed by atoms with E-state index in [1.807, 2.05) is 29.6 Å². The highest BCUT2D eigenvalue weighted by atomic mass is 16.5. The van der Waals surface area contributed by atoms with Gasteiger partial charge in [0.05, 0.1) is 18.3 Å². The molecule has 0 aliphatic heterocycles. The van der Waals surface area contributed by atoms with E-state index in [1.165, 1.54) is 6.20 Å². The smallest absolute Gasteiger partial charge is 0.257 e. The van der Waals surface area contributed by atoms with E-state index in [-0.39, 0.29) is 11.9 Å². The second kappa shape index (κ2) is 8.14. The Kier molecular flexibility index (Phi) is 5.53. The highest BCUT2D eigenvalue weighted by molar-refractivity contribution is 6.58. The first kappa shape index (κ1) is 21.0. The fraction of sp³-hybridized carbons (Fsp3) is 0.333. The van der Waals surface area contributed by atoms with Crippen molar-refractivity contribution in [2.75, 3.05) is 17.7 Å². The number of pyridine rings is 1. The molecule has 13 heteroatoms. The van der Waals surface area contributed by atoms with Crippen molar-refractivity contribution >= 4 is 52.4 Å². The van der Waals surface area contributed by atoms with Crippen LogP contribution in [0, 0.1) is 0 Å². The molecule has 31 heavy (non-hydrogen) atoms. The number of aliphatic hydroxyl groups is 1. The zero-order valence-corrected chi connectivity index (χ0v) is 18.0. The quantitative estimate of drug-likeness (QED) is 0.326. The van der Waals surface area contributed by atoms with Crippen LogP contribution in [0.3, 0.4) is 0 Å². The van der Waals surface area contributed by atoms with Gasteiger partial charge in [-0.05, 0) is 25.0 Å². The molecule has 0 bridgehead atoms. The molecule has 0 unspecified atom stereocenters. The van der Waals surface area contributed by atoms with Crippen LogP contribution in [-0.4, -0.2) is 78.6 Å². The number of fused-ring (bicyclic) bond motifs is 1. The van der Waals surface area contributed by atoms with E-state index < -0.39 is 11.4 Å². The minimum Gasteiger partial charge on any atom is -0.497 e. The Balaban J connectivity index is 1.67. The van der Waals surface area contributed by atoms with Crippen molar-refractivity contribution in [2.24, 2.45) is 0 Å². The van der Waals surface area contributed by atoms with Gasteiger partial charge in [-0.25, -0.2) is 9.97 Å².